The minimum absolute atomic E-state index is 0.0878. The van der Waals surface area contributed by atoms with Gasteiger partial charge in [-0.2, -0.15) is 0 Å². The van der Waals surface area contributed by atoms with Gasteiger partial charge in [-0.3, -0.25) is 0 Å². The summed E-state index contributed by atoms with van der Waals surface area (Å²) in [5.74, 6) is 2.61. The molecule has 0 spiro atoms. The maximum Gasteiger partial charge on any atom is 0.407 e. The minimum Gasteiger partial charge on any atom is -0.454 e. The van der Waals surface area contributed by atoms with Gasteiger partial charge in [0.25, 0.3) is 0 Å². The molecule has 5 rings (SSSR count). The number of fused-ring (bicyclic) bond motifs is 2. The van der Waals surface area contributed by atoms with Crippen LogP contribution in [0.2, 0.25) is 0 Å². The summed E-state index contributed by atoms with van der Waals surface area (Å²) in [6, 6.07) is 3.68. The number of nitrogens with one attached hydrogen (secondary N) is 1. The Morgan fingerprint density at radius 1 is 1.26 bits per heavy atom. The highest BCUT2D eigenvalue weighted by atomic mass is 79.9. The van der Waals surface area contributed by atoms with Gasteiger partial charge in [-0.1, -0.05) is 0 Å². The highest BCUT2D eigenvalue weighted by Crippen LogP contribution is 2.43. The smallest absolute Gasteiger partial charge is 0.407 e. The summed E-state index contributed by atoms with van der Waals surface area (Å²) in [5.41, 5.74) is 6.13. The zero-order valence-corrected chi connectivity index (χ0v) is 23.9. The van der Waals surface area contributed by atoms with Crippen LogP contribution < -0.4 is 20.5 Å². The predicted molar refractivity (Wildman–Crippen MR) is 145 cm³/mol. The maximum atomic E-state index is 12.6. The molecule has 0 radical (unpaired) electrons. The Morgan fingerprint density at radius 3 is 2.74 bits per heavy atom. The normalized spacial score (nSPS) is 16.5. The van der Waals surface area contributed by atoms with Crippen LogP contribution in [0.15, 0.2) is 33.0 Å². The number of nitrogens with two attached hydrogens (primary N) is 1. The number of nitrogens with zero attached hydrogens (tertiary/aromatic N) is 4. The number of imidazole rings is 1. The van der Waals surface area contributed by atoms with Crippen molar-refractivity contribution in [3.63, 3.8) is 0 Å². The van der Waals surface area contributed by atoms with Gasteiger partial charge in [-0.25, -0.2) is 19.7 Å². The number of rotatable bonds is 7. The molecule has 3 N–H and O–H groups in total. The molecule has 11 nitrogen and oxygen atoms in total. The Bertz CT molecular complexity index is 1280. The fourth-order valence-electron chi connectivity index (χ4n) is 4.50. The number of aryl methyl sites for hydroxylation is 1. The van der Waals surface area contributed by atoms with Gasteiger partial charge in [0.15, 0.2) is 34.0 Å². The molecule has 4 aliphatic rings. The Morgan fingerprint density at radius 2 is 2.00 bits per heavy atom. The van der Waals surface area contributed by atoms with Crippen molar-refractivity contribution in [2.45, 2.75) is 68.3 Å². The van der Waals surface area contributed by atoms with E-state index < -0.39 is 11.7 Å². The molecule has 0 aliphatic carbocycles. The Kier molecular flexibility index (Phi) is 7.87. The minimum atomic E-state index is -0.571. The molecule has 1 atom stereocenters. The van der Waals surface area contributed by atoms with E-state index in [-0.39, 0.29) is 18.8 Å². The number of ether oxygens (including phenoxy) is 4. The molecule has 0 saturated carbocycles. The third kappa shape index (κ3) is 6.26. The average molecular weight is 608 g/mol. The molecule has 0 aromatic heterocycles. The molecular formula is C25H31BrN6O5S. The van der Waals surface area contributed by atoms with Gasteiger partial charge >= 0.3 is 6.09 Å². The van der Waals surface area contributed by atoms with Gasteiger partial charge in [-0.05, 0) is 85.8 Å². The second-order valence-electron chi connectivity index (χ2n) is 10.2. The number of amides is 1. The molecule has 204 valence electrons. The molecule has 1 unspecified atom stereocenters. The van der Waals surface area contributed by atoms with Gasteiger partial charge < -0.3 is 34.6 Å². The number of carbonyl (C=O) groups excluding carboxylic acids is 1. The van der Waals surface area contributed by atoms with E-state index >= 15 is 0 Å². The number of halogens is 1. The van der Waals surface area contributed by atoms with Gasteiger partial charge in [0.1, 0.15) is 5.60 Å². The third-order valence-electron chi connectivity index (χ3n) is 6.32. The molecule has 4 heterocycles. The molecule has 1 amide bonds. The number of hydrogen-bond donors (Lipinski definition) is 2. The number of benzene rings is 1. The summed E-state index contributed by atoms with van der Waals surface area (Å²) in [6.45, 7) is 7.70. The van der Waals surface area contributed by atoms with Crippen LogP contribution in [-0.2, 0) is 16.0 Å². The maximum absolute atomic E-state index is 12.6. The van der Waals surface area contributed by atoms with Crippen LogP contribution in [0.3, 0.4) is 0 Å². The van der Waals surface area contributed by atoms with Crippen LogP contribution in [0.1, 0.15) is 40.0 Å². The Hall–Kier alpha value is -2.77. The lowest BCUT2D eigenvalue weighted by atomic mass is 9.89. The van der Waals surface area contributed by atoms with Gasteiger partial charge in [0.05, 0.1) is 6.33 Å². The SMILES string of the molecule is CC(C)(C)OC(=O)NC(CCn1cnc(N)c2nc(Sc3cc4c(cc3Br)OCO4)nc1-2)C1CCOCC1. The van der Waals surface area contributed by atoms with Crippen LogP contribution >= 0.6 is 27.7 Å². The standard InChI is InChI=1S/C25H31BrN6O5S/c1-25(2,3)37-24(33)29-16(14-5-8-34-9-6-14)4-7-32-12-28-21(27)20-22(32)31-23(30-20)38-19-11-18-17(10-15(19)26)35-13-36-18/h10-12,14,16H,4-9,13,27H2,1-3H3,(H,29,33). The van der Waals surface area contributed by atoms with Crippen molar-refractivity contribution in [3.8, 4) is 23.0 Å². The van der Waals surface area contributed by atoms with E-state index in [0.717, 1.165) is 22.2 Å². The van der Waals surface area contributed by atoms with Crippen LogP contribution in [0.4, 0.5) is 10.6 Å². The van der Waals surface area contributed by atoms with Gasteiger partial charge in [0, 0.05) is 35.2 Å². The summed E-state index contributed by atoms with van der Waals surface area (Å²) >= 11 is 4.98. The van der Waals surface area contributed by atoms with Crippen LogP contribution in [0, 0.1) is 5.92 Å². The second-order valence-corrected chi connectivity index (χ2v) is 12.1. The summed E-state index contributed by atoms with van der Waals surface area (Å²) < 4.78 is 24.8. The molecule has 1 aromatic carbocycles. The van der Waals surface area contributed by atoms with Crippen molar-refractivity contribution in [2.24, 2.45) is 5.92 Å². The fraction of sp³-hybridized carbons (Fsp3) is 0.520. The third-order valence-corrected chi connectivity index (χ3v) is 8.16. The second kappa shape index (κ2) is 11.1. The molecule has 1 saturated heterocycles. The number of carbonyl (C=O) groups is 1. The number of anilines is 1. The van der Waals surface area contributed by atoms with Gasteiger partial charge in [0.2, 0.25) is 6.79 Å². The fourth-order valence-corrected chi connectivity index (χ4v) is 5.85. The van der Waals surface area contributed by atoms with E-state index in [0.29, 0.717) is 60.2 Å². The van der Waals surface area contributed by atoms with E-state index in [1.807, 2.05) is 37.5 Å². The molecule has 38 heavy (non-hydrogen) atoms. The number of hydrogen-bond acceptors (Lipinski definition) is 10. The summed E-state index contributed by atoms with van der Waals surface area (Å²) in [6.07, 6.45) is 3.68. The van der Waals surface area contributed by atoms with Crippen molar-refractivity contribution in [1.29, 1.82) is 0 Å². The average Bonchev–Trinajstić information content (AvgIpc) is 3.50. The molecule has 4 aliphatic heterocycles. The first-order chi connectivity index (χ1) is 18.2. The first-order valence-electron chi connectivity index (χ1n) is 12.5. The molecule has 13 heteroatoms. The zero-order valence-electron chi connectivity index (χ0n) is 21.5. The van der Waals surface area contributed by atoms with Crippen LogP contribution in [0.5, 0.6) is 11.5 Å². The van der Waals surface area contributed by atoms with Crippen LogP contribution in [0.25, 0.3) is 11.5 Å². The van der Waals surface area contributed by atoms with E-state index in [1.165, 1.54) is 11.8 Å². The van der Waals surface area contributed by atoms with E-state index in [9.17, 15) is 4.79 Å². The van der Waals surface area contributed by atoms with Crippen molar-refractivity contribution >= 4 is 39.6 Å². The molecule has 1 fully saturated rings. The summed E-state index contributed by atoms with van der Waals surface area (Å²) in [5, 5.41) is 3.64. The highest BCUT2D eigenvalue weighted by Gasteiger charge is 2.29. The molecule has 0 bridgehead atoms. The van der Waals surface area contributed by atoms with Gasteiger partial charge in [-0.15, -0.1) is 0 Å². The molecule has 1 aromatic rings. The van der Waals surface area contributed by atoms with Crippen molar-refractivity contribution in [2.75, 3.05) is 25.7 Å². The lowest BCUT2D eigenvalue weighted by molar-refractivity contribution is 0.0337. The lowest BCUT2D eigenvalue weighted by Gasteiger charge is -2.32. The predicted octanol–water partition coefficient (Wildman–Crippen LogP) is 4.71. The van der Waals surface area contributed by atoms with Crippen LogP contribution in [-0.4, -0.2) is 57.3 Å². The largest absolute Gasteiger partial charge is 0.454 e. The zero-order chi connectivity index (χ0) is 26.9. The molecular weight excluding hydrogens is 576 g/mol. The van der Waals surface area contributed by atoms with Crippen molar-refractivity contribution < 1.29 is 23.7 Å². The van der Waals surface area contributed by atoms with E-state index in [2.05, 4.69) is 31.2 Å². The number of nitrogen functional groups attached to an aromatic ring is 1. The Labute approximate surface area is 233 Å². The lowest BCUT2D eigenvalue weighted by Crippen LogP contribution is -2.45. The first kappa shape index (κ1) is 26.8. The quantitative estimate of drug-likeness (QED) is 0.389. The summed E-state index contributed by atoms with van der Waals surface area (Å²) in [4.78, 5) is 27.3. The number of aromatic nitrogens is 4. The van der Waals surface area contributed by atoms with E-state index in [4.69, 9.17) is 29.7 Å². The van der Waals surface area contributed by atoms with Crippen molar-refractivity contribution in [1.82, 2.24) is 24.8 Å². The first-order valence-corrected chi connectivity index (χ1v) is 14.1. The number of alkyl carbamates (subject to hydrolysis) is 1. The Balaban J connectivity index is 1.34. The monoisotopic (exact) mass is 606 g/mol. The highest BCUT2D eigenvalue weighted by molar-refractivity contribution is 9.10. The topological polar surface area (TPSA) is 136 Å². The van der Waals surface area contributed by atoms with Crippen molar-refractivity contribution in [3.05, 3.63) is 22.9 Å². The van der Waals surface area contributed by atoms with E-state index in [1.54, 1.807) is 6.33 Å². The summed E-state index contributed by atoms with van der Waals surface area (Å²) in [7, 11) is 0.